The van der Waals surface area contributed by atoms with Crippen LogP contribution in [0.1, 0.15) is 5.82 Å². The average molecular weight is 227 g/mol. The second kappa shape index (κ2) is 4.08. The first-order chi connectivity index (χ1) is 7.22. The standard InChI is InChI=1S/C10H8ClFN2O/c1-15-5-8-13-9-6(10(11)14-8)3-2-4-7(9)12/h2-4H,5H2,1H3. The number of benzene rings is 1. The molecule has 5 heteroatoms. The smallest absolute Gasteiger partial charge is 0.156 e. The molecule has 1 aromatic carbocycles. The molecule has 0 amide bonds. The van der Waals surface area contributed by atoms with Crippen LogP contribution >= 0.6 is 11.6 Å². The molecule has 0 bridgehead atoms. The number of hydrogen-bond acceptors (Lipinski definition) is 3. The van der Waals surface area contributed by atoms with E-state index in [4.69, 9.17) is 16.3 Å². The van der Waals surface area contributed by atoms with Crippen LogP contribution in [0.5, 0.6) is 0 Å². The molecule has 0 fully saturated rings. The third-order valence-corrected chi connectivity index (χ3v) is 2.24. The number of fused-ring (bicyclic) bond motifs is 1. The Labute approximate surface area is 90.9 Å². The molecule has 0 saturated heterocycles. The molecule has 3 nitrogen and oxygen atoms in total. The van der Waals surface area contributed by atoms with Crippen LogP contribution in [0.3, 0.4) is 0 Å². The molecule has 1 aromatic heterocycles. The summed E-state index contributed by atoms with van der Waals surface area (Å²) in [5.41, 5.74) is 0.226. The Bertz CT molecular complexity index is 504. The number of halogens is 2. The molecular weight excluding hydrogens is 219 g/mol. The minimum absolute atomic E-state index is 0.212. The number of aromatic nitrogens is 2. The molecule has 2 rings (SSSR count). The van der Waals surface area contributed by atoms with Gasteiger partial charge in [-0.25, -0.2) is 14.4 Å². The van der Waals surface area contributed by atoms with Gasteiger partial charge in [-0.15, -0.1) is 0 Å². The topological polar surface area (TPSA) is 35.0 Å². The van der Waals surface area contributed by atoms with Crippen LogP contribution in [0.25, 0.3) is 10.9 Å². The van der Waals surface area contributed by atoms with Crippen LogP contribution in [0.4, 0.5) is 4.39 Å². The van der Waals surface area contributed by atoms with Gasteiger partial charge in [0, 0.05) is 12.5 Å². The summed E-state index contributed by atoms with van der Waals surface area (Å²) in [6.07, 6.45) is 0. The van der Waals surface area contributed by atoms with Crippen molar-refractivity contribution in [2.24, 2.45) is 0 Å². The van der Waals surface area contributed by atoms with Crippen LogP contribution in [0.2, 0.25) is 5.15 Å². The average Bonchev–Trinajstić information content (AvgIpc) is 2.20. The lowest BCUT2D eigenvalue weighted by Gasteiger charge is -2.03. The maximum Gasteiger partial charge on any atom is 0.156 e. The van der Waals surface area contributed by atoms with Crippen LogP contribution in [0, 0.1) is 5.82 Å². The molecule has 0 saturated carbocycles. The molecule has 0 N–H and O–H groups in total. The summed E-state index contributed by atoms with van der Waals surface area (Å²) >= 11 is 5.90. The molecule has 0 aliphatic heterocycles. The van der Waals surface area contributed by atoms with E-state index in [1.54, 1.807) is 12.1 Å². The second-order valence-corrected chi connectivity index (χ2v) is 3.36. The summed E-state index contributed by atoms with van der Waals surface area (Å²) < 4.78 is 18.3. The van der Waals surface area contributed by atoms with Crippen molar-refractivity contribution in [2.75, 3.05) is 7.11 Å². The molecule has 2 aromatic rings. The van der Waals surface area contributed by atoms with Crippen molar-refractivity contribution < 1.29 is 9.13 Å². The summed E-state index contributed by atoms with van der Waals surface area (Å²) in [5, 5.41) is 0.753. The Morgan fingerprint density at radius 1 is 1.40 bits per heavy atom. The zero-order chi connectivity index (χ0) is 10.8. The van der Waals surface area contributed by atoms with Gasteiger partial charge < -0.3 is 4.74 Å². The molecule has 15 heavy (non-hydrogen) atoms. The Morgan fingerprint density at radius 3 is 2.93 bits per heavy atom. The minimum Gasteiger partial charge on any atom is -0.377 e. The summed E-state index contributed by atoms with van der Waals surface area (Å²) in [6, 6.07) is 4.59. The summed E-state index contributed by atoms with van der Waals surface area (Å²) in [7, 11) is 1.52. The maximum absolute atomic E-state index is 13.4. The van der Waals surface area contributed by atoms with Crippen LogP contribution in [0.15, 0.2) is 18.2 Å². The van der Waals surface area contributed by atoms with Gasteiger partial charge in [-0.2, -0.15) is 0 Å². The lowest BCUT2D eigenvalue weighted by atomic mass is 10.2. The van der Waals surface area contributed by atoms with E-state index in [1.807, 2.05) is 0 Å². The number of methoxy groups -OCH3 is 1. The zero-order valence-electron chi connectivity index (χ0n) is 8.00. The highest BCUT2D eigenvalue weighted by molar-refractivity contribution is 6.34. The fraction of sp³-hybridized carbons (Fsp3) is 0.200. The highest BCUT2D eigenvalue weighted by atomic mass is 35.5. The SMILES string of the molecule is COCc1nc(Cl)c2cccc(F)c2n1. The van der Waals surface area contributed by atoms with Gasteiger partial charge in [0.25, 0.3) is 0 Å². The van der Waals surface area contributed by atoms with Gasteiger partial charge in [0.15, 0.2) is 5.82 Å². The van der Waals surface area contributed by atoms with E-state index in [0.717, 1.165) is 0 Å². The van der Waals surface area contributed by atoms with Crippen LogP contribution in [-0.4, -0.2) is 17.1 Å². The lowest BCUT2D eigenvalue weighted by Crippen LogP contribution is -1.99. The predicted octanol–water partition coefficient (Wildman–Crippen LogP) is 2.57. The lowest BCUT2D eigenvalue weighted by molar-refractivity contribution is 0.178. The Balaban J connectivity index is 2.68. The van der Waals surface area contributed by atoms with Gasteiger partial charge in [-0.05, 0) is 12.1 Å². The molecule has 78 valence electrons. The summed E-state index contributed by atoms with van der Waals surface area (Å²) in [4.78, 5) is 8.02. The fourth-order valence-corrected chi connectivity index (χ4v) is 1.57. The van der Waals surface area contributed by atoms with Gasteiger partial charge in [0.2, 0.25) is 0 Å². The van der Waals surface area contributed by atoms with Crippen molar-refractivity contribution in [1.29, 1.82) is 0 Å². The molecule has 1 heterocycles. The number of nitrogens with zero attached hydrogens (tertiary/aromatic N) is 2. The quantitative estimate of drug-likeness (QED) is 0.739. The minimum atomic E-state index is -0.408. The highest BCUT2D eigenvalue weighted by Crippen LogP contribution is 2.22. The van der Waals surface area contributed by atoms with Crippen molar-refractivity contribution in [3.63, 3.8) is 0 Å². The van der Waals surface area contributed by atoms with Crippen molar-refractivity contribution in [1.82, 2.24) is 9.97 Å². The molecule has 0 aliphatic rings. The predicted molar refractivity (Wildman–Crippen MR) is 55.2 cm³/mol. The van der Waals surface area contributed by atoms with E-state index < -0.39 is 5.82 Å². The van der Waals surface area contributed by atoms with Crippen molar-refractivity contribution in [3.05, 3.63) is 35.0 Å². The third-order valence-electron chi connectivity index (χ3n) is 1.95. The number of rotatable bonds is 2. The van der Waals surface area contributed by atoms with Crippen molar-refractivity contribution >= 4 is 22.5 Å². The Kier molecular flexibility index (Phi) is 2.79. The first-order valence-electron chi connectivity index (χ1n) is 4.32. The number of hydrogen-bond donors (Lipinski definition) is 0. The second-order valence-electron chi connectivity index (χ2n) is 3.00. The van der Waals surface area contributed by atoms with Crippen molar-refractivity contribution in [2.45, 2.75) is 6.61 Å². The normalized spacial score (nSPS) is 10.9. The van der Waals surface area contributed by atoms with Gasteiger partial charge >= 0.3 is 0 Å². The Hall–Kier alpha value is -1.26. The summed E-state index contributed by atoms with van der Waals surface area (Å²) in [5.74, 6) is -0.0331. The molecule has 0 unspecified atom stereocenters. The first-order valence-corrected chi connectivity index (χ1v) is 4.69. The Morgan fingerprint density at radius 2 is 2.20 bits per heavy atom. The molecule has 0 spiro atoms. The monoisotopic (exact) mass is 226 g/mol. The van der Waals surface area contributed by atoms with Crippen LogP contribution in [-0.2, 0) is 11.3 Å². The fourth-order valence-electron chi connectivity index (χ4n) is 1.32. The van der Waals surface area contributed by atoms with Crippen LogP contribution < -0.4 is 0 Å². The molecule has 0 aliphatic carbocycles. The first kappa shape index (κ1) is 10.3. The summed E-state index contributed by atoms with van der Waals surface area (Å²) in [6.45, 7) is 0.212. The molecule has 0 atom stereocenters. The third kappa shape index (κ3) is 1.91. The van der Waals surface area contributed by atoms with Gasteiger partial charge in [0.1, 0.15) is 23.1 Å². The van der Waals surface area contributed by atoms with E-state index >= 15 is 0 Å². The molecule has 0 radical (unpaired) electrons. The number of ether oxygens (including phenoxy) is 1. The van der Waals surface area contributed by atoms with E-state index in [1.165, 1.54) is 13.2 Å². The highest BCUT2D eigenvalue weighted by Gasteiger charge is 2.08. The number of para-hydroxylation sites is 1. The van der Waals surface area contributed by atoms with Gasteiger partial charge in [0.05, 0.1) is 0 Å². The van der Waals surface area contributed by atoms with Crippen molar-refractivity contribution in [3.8, 4) is 0 Å². The van der Waals surface area contributed by atoms with Gasteiger partial charge in [-0.1, -0.05) is 17.7 Å². The zero-order valence-corrected chi connectivity index (χ0v) is 8.75. The largest absolute Gasteiger partial charge is 0.377 e. The maximum atomic E-state index is 13.4. The molecular formula is C10H8ClFN2O. The van der Waals surface area contributed by atoms with E-state index in [2.05, 4.69) is 9.97 Å². The van der Waals surface area contributed by atoms with Gasteiger partial charge in [-0.3, -0.25) is 0 Å². The van der Waals surface area contributed by atoms with E-state index in [0.29, 0.717) is 11.2 Å². The van der Waals surface area contributed by atoms with E-state index in [9.17, 15) is 4.39 Å². The van der Waals surface area contributed by atoms with E-state index in [-0.39, 0.29) is 17.3 Å².